The molecule has 0 unspecified atom stereocenters. The zero-order chi connectivity index (χ0) is 13.2. The van der Waals surface area contributed by atoms with Gasteiger partial charge in [0.25, 0.3) is 0 Å². The summed E-state index contributed by atoms with van der Waals surface area (Å²) >= 11 is 12.2. The SMILES string of the molecule is Clc1cnc2c(Cc3ccccc3)cccc2c1Cl. The van der Waals surface area contributed by atoms with E-state index in [1.807, 2.05) is 30.3 Å². The first-order valence-electron chi connectivity index (χ1n) is 6.01. The third-order valence-electron chi connectivity index (χ3n) is 3.11. The maximum absolute atomic E-state index is 6.23. The Balaban J connectivity index is 2.12. The van der Waals surface area contributed by atoms with E-state index in [1.54, 1.807) is 6.20 Å². The van der Waals surface area contributed by atoms with Gasteiger partial charge in [-0.2, -0.15) is 0 Å². The lowest BCUT2D eigenvalue weighted by Crippen LogP contribution is -1.92. The fourth-order valence-corrected chi connectivity index (χ4v) is 2.54. The lowest BCUT2D eigenvalue weighted by Gasteiger charge is -2.08. The molecule has 0 fully saturated rings. The number of para-hydroxylation sites is 1. The highest BCUT2D eigenvalue weighted by Gasteiger charge is 2.08. The minimum atomic E-state index is 0.492. The Morgan fingerprint density at radius 1 is 0.895 bits per heavy atom. The van der Waals surface area contributed by atoms with Crippen molar-refractivity contribution in [2.75, 3.05) is 0 Å². The summed E-state index contributed by atoms with van der Waals surface area (Å²) in [6, 6.07) is 16.3. The van der Waals surface area contributed by atoms with Crippen molar-refractivity contribution >= 4 is 34.1 Å². The van der Waals surface area contributed by atoms with Crippen LogP contribution in [0.15, 0.2) is 54.7 Å². The Morgan fingerprint density at radius 2 is 1.68 bits per heavy atom. The van der Waals surface area contributed by atoms with Crippen LogP contribution in [0.4, 0.5) is 0 Å². The van der Waals surface area contributed by atoms with Crippen molar-refractivity contribution in [3.8, 4) is 0 Å². The van der Waals surface area contributed by atoms with Crippen molar-refractivity contribution in [3.63, 3.8) is 0 Å². The summed E-state index contributed by atoms with van der Waals surface area (Å²) in [6.45, 7) is 0. The van der Waals surface area contributed by atoms with Crippen LogP contribution in [0.3, 0.4) is 0 Å². The van der Waals surface area contributed by atoms with Crippen LogP contribution in [-0.4, -0.2) is 4.98 Å². The van der Waals surface area contributed by atoms with E-state index in [-0.39, 0.29) is 0 Å². The summed E-state index contributed by atoms with van der Waals surface area (Å²) < 4.78 is 0. The van der Waals surface area contributed by atoms with Gasteiger partial charge in [0.2, 0.25) is 0 Å². The molecular weight excluding hydrogens is 277 g/mol. The van der Waals surface area contributed by atoms with Crippen LogP contribution >= 0.6 is 23.2 Å². The Hall–Kier alpha value is -1.57. The number of benzene rings is 2. The molecule has 0 saturated carbocycles. The molecule has 1 aromatic heterocycles. The number of nitrogens with zero attached hydrogens (tertiary/aromatic N) is 1. The van der Waals surface area contributed by atoms with E-state index < -0.39 is 0 Å². The van der Waals surface area contributed by atoms with Gasteiger partial charge in [-0.3, -0.25) is 4.98 Å². The van der Waals surface area contributed by atoms with Gasteiger partial charge in [0, 0.05) is 11.6 Å². The number of aromatic nitrogens is 1. The maximum atomic E-state index is 6.23. The van der Waals surface area contributed by atoms with Gasteiger partial charge in [0.05, 0.1) is 15.6 Å². The molecule has 0 aliphatic rings. The molecule has 0 N–H and O–H groups in total. The van der Waals surface area contributed by atoms with Crippen LogP contribution in [-0.2, 0) is 6.42 Å². The largest absolute Gasteiger partial charge is 0.254 e. The van der Waals surface area contributed by atoms with Crippen molar-refractivity contribution in [1.82, 2.24) is 4.98 Å². The molecule has 1 heterocycles. The second-order valence-corrected chi connectivity index (χ2v) is 5.18. The van der Waals surface area contributed by atoms with Crippen molar-refractivity contribution in [2.45, 2.75) is 6.42 Å². The zero-order valence-corrected chi connectivity index (χ0v) is 11.6. The molecule has 0 radical (unpaired) electrons. The summed E-state index contributed by atoms with van der Waals surface area (Å²) in [5.41, 5.74) is 3.32. The van der Waals surface area contributed by atoms with Crippen molar-refractivity contribution < 1.29 is 0 Å². The molecule has 0 saturated heterocycles. The maximum Gasteiger partial charge on any atom is 0.0782 e. The highest BCUT2D eigenvalue weighted by molar-refractivity contribution is 6.45. The lowest BCUT2D eigenvalue weighted by atomic mass is 10.0. The minimum Gasteiger partial charge on any atom is -0.254 e. The Kier molecular flexibility index (Phi) is 3.41. The van der Waals surface area contributed by atoms with Crippen LogP contribution in [0.1, 0.15) is 11.1 Å². The van der Waals surface area contributed by atoms with Gasteiger partial charge in [0.1, 0.15) is 0 Å². The van der Waals surface area contributed by atoms with E-state index in [0.29, 0.717) is 10.0 Å². The standard InChI is InChI=1S/C16H11Cl2N/c17-14-10-19-16-12(7-4-8-13(16)15(14)18)9-11-5-2-1-3-6-11/h1-8,10H,9H2. The Bertz CT molecular complexity index is 723. The van der Waals surface area contributed by atoms with Gasteiger partial charge in [-0.05, 0) is 17.5 Å². The average Bonchev–Trinajstić information content (AvgIpc) is 2.45. The van der Waals surface area contributed by atoms with E-state index in [1.165, 1.54) is 5.56 Å². The Labute approximate surface area is 121 Å². The summed E-state index contributed by atoms with van der Waals surface area (Å²) in [5, 5.41) is 1.97. The molecule has 0 aliphatic heterocycles. The van der Waals surface area contributed by atoms with Crippen LogP contribution in [0.25, 0.3) is 10.9 Å². The van der Waals surface area contributed by atoms with Crippen LogP contribution in [0, 0.1) is 0 Å². The fraction of sp³-hybridized carbons (Fsp3) is 0.0625. The minimum absolute atomic E-state index is 0.492. The molecule has 1 nitrogen and oxygen atoms in total. The zero-order valence-electron chi connectivity index (χ0n) is 10.1. The second-order valence-electron chi connectivity index (χ2n) is 4.40. The quantitative estimate of drug-likeness (QED) is 0.636. The van der Waals surface area contributed by atoms with Crippen LogP contribution in [0.5, 0.6) is 0 Å². The first-order valence-corrected chi connectivity index (χ1v) is 6.77. The summed E-state index contributed by atoms with van der Waals surface area (Å²) in [5.74, 6) is 0. The summed E-state index contributed by atoms with van der Waals surface area (Å²) in [7, 11) is 0. The first kappa shape index (κ1) is 12.5. The molecule has 0 spiro atoms. The van der Waals surface area contributed by atoms with Crippen molar-refractivity contribution in [1.29, 1.82) is 0 Å². The fourth-order valence-electron chi connectivity index (χ4n) is 2.19. The smallest absolute Gasteiger partial charge is 0.0782 e. The third-order valence-corrected chi connectivity index (χ3v) is 3.90. The molecule has 0 bridgehead atoms. The lowest BCUT2D eigenvalue weighted by molar-refractivity contribution is 1.19. The topological polar surface area (TPSA) is 12.9 Å². The highest BCUT2D eigenvalue weighted by atomic mass is 35.5. The van der Waals surface area contributed by atoms with Crippen molar-refractivity contribution in [3.05, 3.63) is 75.9 Å². The average molecular weight is 288 g/mol. The number of hydrogen-bond donors (Lipinski definition) is 0. The number of halogens is 2. The molecule has 0 amide bonds. The highest BCUT2D eigenvalue weighted by Crippen LogP contribution is 2.31. The van der Waals surface area contributed by atoms with Crippen LogP contribution in [0.2, 0.25) is 10.0 Å². The molecule has 2 aromatic carbocycles. The van der Waals surface area contributed by atoms with Gasteiger partial charge in [-0.1, -0.05) is 71.7 Å². The van der Waals surface area contributed by atoms with Gasteiger partial charge in [-0.15, -0.1) is 0 Å². The number of fused-ring (bicyclic) bond motifs is 1. The number of hydrogen-bond acceptors (Lipinski definition) is 1. The van der Waals surface area contributed by atoms with Gasteiger partial charge >= 0.3 is 0 Å². The molecule has 19 heavy (non-hydrogen) atoms. The first-order chi connectivity index (χ1) is 9.25. The molecule has 3 rings (SSSR count). The van der Waals surface area contributed by atoms with Crippen LogP contribution < -0.4 is 0 Å². The monoisotopic (exact) mass is 287 g/mol. The van der Waals surface area contributed by atoms with Gasteiger partial charge in [0.15, 0.2) is 0 Å². The number of rotatable bonds is 2. The summed E-state index contributed by atoms with van der Waals surface area (Å²) in [6.07, 6.45) is 2.45. The van der Waals surface area contributed by atoms with E-state index in [2.05, 4.69) is 23.2 Å². The molecule has 3 aromatic rings. The second kappa shape index (κ2) is 5.20. The molecule has 0 atom stereocenters. The molecule has 3 heteroatoms. The van der Waals surface area contributed by atoms with Crippen molar-refractivity contribution in [2.24, 2.45) is 0 Å². The molecule has 94 valence electrons. The predicted octanol–water partition coefficient (Wildman–Crippen LogP) is 5.13. The Morgan fingerprint density at radius 3 is 2.47 bits per heavy atom. The normalized spacial score (nSPS) is 10.8. The van der Waals surface area contributed by atoms with E-state index in [9.17, 15) is 0 Å². The molecular formula is C16H11Cl2N. The predicted molar refractivity (Wildman–Crippen MR) is 81.0 cm³/mol. The third kappa shape index (κ3) is 2.44. The molecule has 0 aliphatic carbocycles. The van der Waals surface area contributed by atoms with E-state index in [4.69, 9.17) is 23.2 Å². The van der Waals surface area contributed by atoms with Gasteiger partial charge < -0.3 is 0 Å². The summed E-state index contributed by atoms with van der Waals surface area (Å²) in [4.78, 5) is 4.42. The number of pyridine rings is 1. The van der Waals surface area contributed by atoms with E-state index in [0.717, 1.165) is 22.9 Å². The van der Waals surface area contributed by atoms with Gasteiger partial charge in [-0.25, -0.2) is 0 Å². The van der Waals surface area contributed by atoms with E-state index >= 15 is 0 Å².